The van der Waals surface area contributed by atoms with Crippen LogP contribution in [-0.2, 0) is 20.9 Å². The highest BCUT2D eigenvalue weighted by Crippen LogP contribution is 2.40. The lowest BCUT2D eigenvalue weighted by Gasteiger charge is -2.38. The number of nitrogens with zero attached hydrogens (tertiary/aromatic N) is 3. The number of aliphatic carboxylic acids is 1. The molecule has 2 heterocycles. The summed E-state index contributed by atoms with van der Waals surface area (Å²) < 4.78 is 16.3. The lowest BCUT2D eigenvalue weighted by Crippen LogP contribution is -2.43. The van der Waals surface area contributed by atoms with Crippen LogP contribution in [0.25, 0.3) is 6.08 Å². The molecule has 10 heteroatoms. The molecule has 2 fully saturated rings. The number of Topliss-reactive ketones (excluding diaryl/α,β-unsaturated/α-hetero) is 1. The Morgan fingerprint density at radius 2 is 1.97 bits per heavy atom. The molecular formula is C25H29ClFN3O4S. The van der Waals surface area contributed by atoms with Crippen LogP contribution in [0.15, 0.2) is 42.1 Å². The van der Waals surface area contributed by atoms with E-state index in [9.17, 15) is 18.8 Å². The number of carboxylic acids is 1. The molecule has 2 aromatic rings. The minimum atomic E-state index is -0.893. The van der Waals surface area contributed by atoms with Gasteiger partial charge in [-0.15, -0.1) is 12.4 Å². The van der Waals surface area contributed by atoms with E-state index in [2.05, 4.69) is 5.10 Å². The van der Waals surface area contributed by atoms with E-state index in [1.807, 2.05) is 11.0 Å². The van der Waals surface area contributed by atoms with Crippen molar-refractivity contribution in [1.29, 1.82) is 0 Å². The Balaban J connectivity index is 0.00000342. The maximum Gasteiger partial charge on any atom is 0.305 e. The second kappa shape index (κ2) is 12.0. The molecule has 1 aliphatic heterocycles. The summed E-state index contributed by atoms with van der Waals surface area (Å²) in [6.07, 6.45) is 5.94. The van der Waals surface area contributed by atoms with Crippen LogP contribution >= 0.6 is 24.2 Å². The fraction of sp³-hybridized carbons (Fsp3) is 0.440. The smallest absolute Gasteiger partial charge is 0.305 e. The second-order valence-electron chi connectivity index (χ2n) is 8.82. The van der Waals surface area contributed by atoms with Crippen molar-refractivity contribution in [1.82, 2.24) is 14.7 Å². The zero-order valence-electron chi connectivity index (χ0n) is 19.4. The third-order valence-electron chi connectivity index (χ3n) is 6.15. The molecule has 4 rings (SSSR count). The first-order valence-corrected chi connectivity index (χ1v) is 12.3. The van der Waals surface area contributed by atoms with E-state index >= 15 is 0 Å². The van der Waals surface area contributed by atoms with Crippen molar-refractivity contribution >= 4 is 47.1 Å². The Morgan fingerprint density at radius 3 is 2.63 bits per heavy atom. The summed E-state index contributed by atoms with van der Waals surface area (Å²) in [7, 11) is 0. The van der Waals surface area contributed by atoms with Crippen molar-refractivity contribution in [2.75, 3.05) is 13.1 Å². The summed E-state index contributed by atoms with van der Waals surface area (Å²) in [5, 5.41) is 13.3. The third kappa shape index (κ3) is 7.02. The van der Waals surface area contributed by atoms with Gasteiger partial charge in [0.25, 0.3) is 0 Å². The summed E-state index contributed by atoms with van der Waals surface area (Å²) in [5.41, 5.74) is 2.00. The molecule has 2 atom stereocenters. The molecule has 0 bridgehead atoms. The number of hydrogen-bond donors (Lipinski definition) is 1. The number of likely N-dealkylation sites (tertiary alicyclic amines) is 1. The molecule has 1 unspecified atom stereocenters. The Bertz CT molecular complexity index is 1120. The lowest BCUT2D eigenvalue weighted by atomic mass is 9.93. The van der Waals surface area contributed by atoms with E-state index < -0.39 is 12.0 Å². The Labute approximate surface area is 214 Å². The van der Waals surface area contributed by atoms with Crippen LogP contribution in [0, 0.1) is 11.7 Å². The minimum absolute atomic E-state index is 0. The molecule has 1 saturated heterocycles. The average molecular weight is 522 g/mol. The van der Waals surface area contributed by atoms with Crippen molar-refractivity contribution in [2.45, 2.75) is 50.4 Å². The van der Waals surface area contributed by atoms with Gasteiger partial charge in [-0.3, -0.25) is 24.0 Å². The first-order valence-electron chi connectivity index (χ1n) is 11.5. The Morgan fingerprint density at radius 1 is 1.23 bits per heavy atom. The van der Waals surface area contributed by atoms with Gasteiger partial charge in [0.1, 0.15) is 5.82 Å². The van der Waals surface area contributed by atoms with E-state index in [0.717, 1.165) is 18.4 Å². The number of rotatable bonds is 9. The van der Waals surface area contributed by atoms with Gasteiger partial charge in [-0.2, -0.15) is 5.10 Å². The summed E-state index contributed by atoms with van der Waals surface area (Å²) in [4.78, 5) is 38.0. The molecule has 2 aliphatic rings. The molecule has 35 heavy (non-hydrogen) atoms. The number of ketones is 1. The largest absolute Gasteiger partial charge is 0.481 e. The number of carbonyl (C=O) groups is 3. The molecule has 1 aromatic heterocycles. The highest BCUT2D eigenvalue weighted by atomic mass is 35.5. The van der Waals surface area contributed by atoms with Gasteiger partial charge in [0.05, 0.1) is 24.7 Å². The van der Waals surface area contributed by atoms with E-state index in [1.165, 1.54) is 24.8 Å². The first kappa shape index (κ1) is 27.1. The molecule has 0 radical (unpaired) electrons. The van der Waals surface area contributed by atoms with Crippen LogP contribution in [0.3, 0.4) is 0 Å². The van der Waals surface area contributed by atoms with Crippen molar-refractivity contribution in [3.8, 4) is 0 Å². The fourth-order valence-electron chi connectivity index (χ4n) is 4.37. The minimum Gasteiger partial charge on any atom is -0.481 e. The number of aryl methyl sites for hydroxylation is 1. The summed E-state index contributed by atoms with van der Waals surface area (Å²) in [6, 6.07) is 7.59. The van der Waals surface area contributed by atoms with Gasteiger partial charge in [-0.25, -0.2) is 4.39 Å². The molecular weight excluding hydrogens is 493 g/mol. The van der Waals surface area contributed by atoms with E-state index in [0.29, 0.717) is 30.8 Å². The number of piperidine rings is 1. The van der Waals surface area contributed by atoms with Gasteiger partial charge in [-0.1, -0.05) is 30.0 Å². The molecule has 1 N–H and O–H groups in total. The highest BCUT2D eigenvalue weighted by molar-refractivity contribution is 8.14. The van der Waals surface area contributed by atoms with Crippen molar-refractivity contribution in [3.63, 3.8) is 0 Å². The molecule has 1 aliphatic carbocycles. The molecule has 0 amide bonds. The van der Waals surface area contributed by atoms with Gasteiger partial charge in [0, 0.05) is 42.9 Å². The maximum atomic E-state index is 14.8. The third-order valence-corrected chi connectivity index (χ3v) is 7.30. The van der Waals surface area contributed by atoms with Crippen LogP contribution in [-0.4, -0.2) is 55.0 Å². The van der Waals surface area contributed by atoms with E-state index in [4.69, 9.17) is 5.11 Å². The number of hydrogen-bond acceptors (Lipinski definition) is 6. The predicted octanol–water partition coefficient (Wildman–Crippen LogP) is 4.38. The summed E-state index contributed by atoms with van der Waals surface area (Å²) >= 11 is 1.26. The maximum absolute atomic E-state index is 14.8. The van der Waals surface area contributed by atoms with Crippen molar-refractivity contribution in [3.05, 3.63) is 59.2 Å². The van der Waals surface area contributed by atoms with Crippen LogP contribution in [0.2, 0.25) is 0 Å². The van der Waals surface area contributed by atoms with E-state index in [-0.39, 0.29) is 53.3 Å². The zero-order chi connectivity index (χ0) is 24.2. The Hall–Kier alpha value is -2.49. The number of carboxylic acid groups (broad SMARTS) is 1. The lowest BCUT2D eigenvalue weighted by molar-refractivity contribution is -0.137. The number of halogens is 2. The Kier molecular flexibility index (Phi) is 9.27. The number of thioether (sulfide) groups is 1. The standard InChI is InChI=1S/C25H28FN3O4S.ClH/c1-16(30)34-22-9-11-28(15-18(22)14-19-8-12-29(27-19)13-10-23(31)32)24(25(33)17-6-7-17)20-4-2-3-5-21(20)26;/h2-5,8,12,14,17,22,24H,6-7,9-11,13,15H2,1H3,(H,31,32);1H/b18-14+;/t22-,24?;/m0./s1. The van der Waals surface area contributed by atoms with Crippen molar-refractivity contribution < 1.29 is 23.9 Å². The van der Waals surface area contributed by atoms with Crippen molar-refractivity contribution in [2.24, 2.45) is 5.92 Å². The van der Waals surface area contributed by atoms with E-state index in [1.54, 1.807) is 35.1 Å². The van der Waals surface area contributed by atoms with Gasteiger partial charge in [0.2, 0.25) is 0 Å². The second-order valence-corrected chi connectivity index (χ2v) is 10.2. The monoisotopic (exact) mass is 521 g/mol. The molecule has 0 spiro atoms. The number of aromatic nitrogens is 2. The van der Waals surface area contributed by atoms with Crippen LogP contribution in [0.1, 0.15) is 49.9 Å². The average Bonchev–Trinajstić information content (AvgIpc) is 3.55. The normalized spacial score (nSPS) is 20.3. The first-order chi connectivity index (χ1) is 16.3. The van der Waals surface area contributed by atoms with Crippen LogP contribution in [0.4, 0.5) is 4.39 Å². The van der Waals surface area contributed by atoms with Gasteiger partial charge >= 0.3 is 5.97 Å². The van der Waals surface area contributed by atoms with Gasteiger partial charge < -0.3 is 5.11 Å². The quantitative estimate of drug-likeness (QED) is 0.523. The molecule has 1 saturated carbocycles. The number of benzene rings is 1. The van der Waals surface area contributed by atoms with Crippen LogP contribution in [0.5, 0.6) is 0 Å². The molecule has 7 nitrogen and oxygen atoms in total. The molecule has 188 valence electrons. The fourth-order valence-corrected chi connectivity index (χ4v) is 5.29. The highest BCUT2D eigenvalue weighted by Gasteiger charge is 2.41. The zero-order valence-corrected chi connectivity index (χ0v) is 21.1. The SMILES string of the molecule is CC(=O)S[C@H]1CCN(C(C(=O)C2CC2)c2ccccc2F)C/C1=C\c1ccn(CCC(=O)O)n1.Cl. The van der Waals surface area contributed by atoms with Gasteiger partial charge in [0.15, 0.2) is 10.9 Å². The molecule has 1 aromatic carbocycles. The topological polar surface area (TPSA) is 92.5 Å². The number of carbonyl (C=O) groups excluding carboxylic acids is 2. The summed E-state index contributed by atoms with van der Waals surface area (Å²) in [5.74, 6) is -1.24. The summed E-state index contributed by atoms with van der Waals surface area (Å²) in [6.45, 7) is 2.80. The van der Waals surface area contributed by atoms with Gasteiger partial charge in [-0.05, 0) is 43.0 Å². The van der Waals surface area contributed by atoms with Crippen LogP contribution < -0.4 is 0 Å². The predicted molar refractivity (Wildman–Crippen MR) is 135 cm³/mol.